The summed E-state index contributed by atoms with van der Waals surface area (Å²) >= 11 is 0. The molecule has 0 fully saturated rings. The van der Waals surface area contributed by atoms with Gasteiger partial charge in [-0.25, -0.2) is 9.67 Å². The van der Waals surface area contributed by atoms with E-state index in [1.807, 2.05) is 22.9 Å². The van der Waals surface area contributed by atoms with Gasteiger partial charge in [0.2, 0.25) is 5.82 Å². The monoisotopic (exact) mass is 388 g/mol. The molecule has 0 atom stereocenters. The van der Waals surface area contributed by atoms with E-state index in [1.165, 1.54) is 5.56 Å². The van der Waals surface area contributed by atoms with Crippen molar-refractivity contribution in [2.45, 2.75) is 32.7 Å². The lowest BCUT2D eigenvalue weighted by Gasteiger charge is -2.09. The van der Waals surface area contributed by atoms with Crippen molar-refractivity contribution in [1.29, 1.82) is 0 Å². The number of aryl methyl sites for hydroxylation is 2. The largest absolute Gasteiger partial charge is 0.330 e. The van der Waals surface area contributed by atoms with Gasteiger partial charge in [0, 0.05) is 18.4 Å². The Hall–Kier alpha value is -3.39. The summed E-state index contributed by atoms with van der Waals surface area (Å²) in [5.41, 5.74) is 9.95. The fourth-order valence-corrected chi connectivity index (χ4v) is 3.32. The number of hydrogen-bond acceptors (Lipinski definition) is 6. The zero-order valence-electron chi connectivity index (χ0n) is 16.4. The molecule has 0 radical (unpaired) electrons. The van der Waals surface area contributed by atoms with Crippen LogP contribution < -0.4 is 5.73 Å². The summed E-state index contributed by atoms with van der Waals surface area (Å²) in [6.45, 7) is 3.42. The normalized spacial score (nSPS) is 11.1. The van der Waals surface area contributed by atoms with Gasteiger partial charge in [-0.1, -0.05) is 55.5 Å². The van der Waals surface area contributed by atoms with E-state index in [1.54, 1.807) is 0 Å². The molecule has 29 heavy (non-hydrogen) atoms. The molecule has 8 heteroatoms. The Balaban J connectivity index is 1.58. The Morgan fingerprint density at radius 1 is 1.03 bits per heavy atom. The van der Waals surface area contributed by atoms with Gasteiger partial charge >= 0.3 is 0 Å². The number of H-pyrrole nitrogens is 1. The van der Waals surface area contributed by atoms with Crippen LogP contribution >= 0.6 is 0 Å². The molecule has 2 heterocycles. The molecule has 0 aliphatic carbocycles. The second kappa shape index (κ2) is 8.74. The maximum absolute atomic E-state index is 5.67. The lowest BCUT2D eigenvalue weighted by atomic mass is 9.98. The zero-order chi connectivity index (χ0) is 20.1. The molecular formula is C21H24N8. The first-order chi connectivity index (χ1) is 14.3. The van der Waals surface area contributed by atoms with E-state index < -0.39 is 0 Å². The summed E-state index contributed by atoms with van der Waals surface area (Å²) in [7, 11) is 0. The van der Waals surface area contributed by atoms with Crippen molar-refractivity contribution in [3.8, 4) is 22.5 Å². The Morgan fingerprint density at radius 2 is 1.83 bits per heavy atom. The highest BCUT2D eigenvalue weighted by Crippen LogP contribution is 2.29. The summed E-state index contributed by atoms with van der Waals surface area (Å²) in [6.07, 6.45) is 2.59. The van der Waals surface area contributed by atoms with Gasteiger partial charge in [-0.05, 0) is 34.9 Å². The topological polar surface area (TPSA) is 111 Å². The maximum Gasteiger partial charge on any atom is 0.205 e. The molecule has 0 saturated heterocycles. The minimum Gasteiger partial charge on any atom is -0.330 e. The van der Waals surface area contributed by atoms with Crippen LogP contribution in [0.5, 0.6) is 0 Å². The molecule has 148 valence electrons. The van der Waals surface area contributed by atoms with Crippen LogP contribution in [0.4, 0.5) is 0 Å². The highest BCUT2D eigenvalue weighted by molar-refractivity contribution is 5.80. The summed E-state index contributed by atoms with van der Waals surface area (Å²) < 4.78 is 2.00. The maximum atomic E-state index is 5.67. The van der Waals surface area contributed by atoms with Gasteiger partial charge in [-0.15, -0.1) is 10.2 Å². The van der Waals surface area contributed by atoms with Gasteiger partial charge < -0.3 is 5.73 Å². The Morgan fingerprint density at radius 3 is 2.52 bits per heavy atom. The first kappa shape index (κ1) is 18.9. The van der Waals surface area contributed by atoms with Crippen LogP contribution in [0.1, 0.15) is 30.6 Å². The Kier molecular flexibility index (Phi) is 5.71. The third kappa shape index (κ3) is 4.22. The first-order valence-electron chi connectivity index (χ1n) is 9.83. The van der Waals surface area contributed by atoms with Gasteiger partial charge in [0.05, 0.1) is 6.54 Å². The van der Waals surface area contributed by atoms with Crippen LogP contribution in [0.2, 0.25) is 0 Å². The predicted molar refractivity (Wildman–Crippen MR) is 111 cm³/mol. The molecule has 0 spiro atoms. The third-order valence-corrected chi connectivity index (χ3v) is 4.82. The zero-order valence-corrected chi connectivity index (χ0v) is 16.4. The third-order valence-electron chi connectivity index (χ3n) is 4.82. The van der Waals surface area contributed by atoms with E-state index in [4.69, 9.17) is 5.73 Å². The number of tetrazole rings is 1. The number of aromatic nitrogens is 7. The van der Waals surface area contributed by atoms with Crippen LogP contribution in [0.25, 0.3) is 22.5 Å². The molecular weight excluding hydrogens is 364 g/mol. The van der Waals surface area contributed by atoms with Gasteiger partial charge in [-0.3, -0.25) is 0 Å². The molecule has 8 nitrogen and oxygen atoms in total. The molecule has 2 aromatic carbocycles. The molecule has 2 aromatic heterocycles. The van der Waals surface area contributed by atoms with Crippen molar-refractivity contribution >= 4 is 0 Å². The lowest BCUT2D eigenvalue weighted by Crippen LogP contribution is -2.09. The van der Waals surface area contributed by atoms with Crippen molar-refractivity contribution in [1.82, 2.24) is 35.4 Å². The molecule has 0 aliphatic rings. The molecule has 0 aliphatic heterocycles. The second-order valence-electron chi connectivity index (χ2n) is 6.83. The van der Waals surface area contributed by atoms with E-state index in [2.05, 4.69) is 68.0 Å². The van der Waals surface area contributed by atoms with E-state index in [0.29, 0.717) is 18.9 Å². The number of hydrogen-bond donors (Lipinski definition) is 2. The van der Waals surface area contributed by atoms with Gasteiger partial charge in [-0.2, -0.15) is 10.3 Å². The molecule has 0 unspecified atom stereocenters. The second-order valence-corrected chi connectivity index (χ2v) is 6.83. The van der Waals surface area contributed by atoms with E-state index in [-0.39, 0.29) is 0 Å². The number of nitrogens with one attached hydrogen (secondary N) is 1. The van der Waals surface area contributed by atoms with Gasteiger partial charge in [0.1, 0.15) is 5.82 Å². The number of rotatable bonds is 8. The SMILES string of the molecule is CCc1nc(CCCN)n(Cc2ccc(-c3ccccc3-c3nn[nH]n3)cc2)n1. The number of nitrogens with two attached hydrogens (primary N) is 1. The van der Waals surface area contributed by atoms with E-state index in [0.717, 1.165) is 47.6 Å². The molecule has 0 amide bonds. The van der Waals surface area contributed by atoms with Crippen LogP contribution in [0.3, 0.4) is 0 Å². The van der Waals surface area contributed by atoms with Crippen LogP contribution in [0, 0.1) is 0 Å². The van der Waals surface area contributed by atoms with Crippen molar-refractivity contribution in [3.05, 3.63) is 65.7 Å². The Labute approximate surface area is 169 Å². The average Bonchev–Trinajstić information content (AvgIpc) is 3.43. The first-order valence-corrected chi connectivity index (χ1v) is 9.83. The predicted octanol–water partition coefficient (Wildman–Crippen LogP) is 2.63. The minimum atomic E-state index is 0.587. The number of benzene rings is 2. The summed E-state index contributed by atoms with van der Waals surface area (Å²) in [4.78, 5) is 4.64. The van der Waals surface area contributed by atoms with Crippen molar-refractivity contribution in [2.24, 2.45) is 5.73 Å². The number of aromatic amines is 1. The molecule has 0 bridgehead atoms. The van der Waals surface area contributed by atoms with Crippen molar-refractivity contribution in [2.75, 3.05) is 6.54 Å². The fourth-order valence-electron chi connectivity index (χ4n) is 3.32. The standard InChI is InChI=1S/C21H24N8/c1-2-19-23-20(8-5-13-22)29(26-19)14-15-9-11-16(12-10-15)17-6-3-4-7-18(17)21-24-27-28-25-21/h3-4,6-7,9-12H,2,5,8,13-14,22H2,1H3,(H,24,25,27,28). The highest BCUT2D eigenvalue weighted by Gasteiger charge is 2.12. The fraction of sp³-hybridized carbons (Fsp3) is 0.286. The molecule has 4 rings (SSSR count). The van der Waals surface area contributed by atoms with Crippen LogP contribution in [-0.2, 0) is 19.4 Å². The summed E-state index contributed by atoms with van der Waals surface area (Å²) in [5, 5.41) is 19.1. The summed E-state index contributed by atoms with van der Waals surface area (Å²) in [5.74, 6) is 2.46. The van der Waals surface area contributed by atoms with Crippen LogP contribution in [-0.4, -0.2) is 41.9 Å². The quantitative estimate of drug-likeness (QED) is 0.480. The van der Waals surface area contributed by atoms with Gasteiger partial charge in [0.25, 0.3) is 0 Å². The van der Waals surface area contributed by atoms with E-state index >= 15 is 0 Å². The Bertz CT molecular complexity index is 1050. The van der Waals surface area contributed by atoms with Gasteiger partial charge in [0.15, 0.2) is 5.82 Å². The minimum absolute atomic E-state index is 0.587. The molecule has 3 N–H and O–H groups in total. The average molecular weight is 388 g/mol. The molecule has 0 saturated carbocycles. The smallest absolute Gasteiger partial charge is 0.205 e. The lowest BCUT2D eigenvalue weighted by molar-refractivity contribution is 0.619. The number of nitrogens with zero attached hydrogens (tertiary/aromatic N) is 6. The van der Waals surface area contributed by atoms with E-state index in [9.17, 15) is 0 Å². The molecule has 4 aromatic rings. The highest BCUT2D eigenvalue weighted by atomic mass is 15.5. The summed E-state index contributed by atoms with van der Waals surface area (Å²) in [6, 6.07) is 16.5. The van der Waals surface area contributed by atoms with Crippen LogP contribution in [0.15, 0.2) is 48.5 Å². The van der Waals surface area contributed by atoms with Crippen molar-refractivity contribution < 1.29 is 0 Å². The van der Waals surface area contributed by atoms with Crippen molar-refractivity contribution in [3.63, 3.8) is 0 Å².